The van der Waals surface area contributed by atoms with E-state index in [4.69, 9.17) is 0 Å². The number of aromatic nitrogens is 1. The number of fused-ring (bicyclic) bond motifs is 4. The van der Waals surface area contributed by atoms with E-state index in [1.165, 1.54) is 44.5 Å². The average Bonchev–Trinajstić information content (AvgIpc) is 3.26. The van der Waals surface area contributed by atoms with Gasteiger partial charge in [0.2, 0.25) is 0 Å². The van der Waals surface area contributed by atoms with Crippen LogP contribution in [-0.4, -0.2) is 10.5 Å². The number of allylic oxidation sites excluding steroid dienone is 1. The molecule has 1 aliphatic carbocycles. The van der Waals surface area contributed by atoms with Crippen LogP contribution in [0.1, 0.15) is 47.6 Å². The third kappa shape index (κ3) is 2.50. The summed E-state index contributed by atoms with van der Waals surface area (Å²) in [5.74, 6) is 0.853. The summed E-state index contributed by atoms with van der Waals surface area (Å²) in [5, 5.41) is 5.21. The van der Waals surface area contributed by atoms with Crippen LogP contribution >= 0.6 is 0 Å². The minimum Gasteiger partial charge on any atom is -0.376 e. The van der Waals surface area contributed by atoms with Gasteiger partial charge in [0.25, 0.3) is 0 Å². The summed E-state index contributed by atoms with van der Waals surface area (Å²) in [6.45, 7) is 4.58. The molecule has 0 amide bonds. The Morgan fingerprint density at radius 2 is 1.60 bits per heavy atom. The highest BCUT2D eigenvalue weighted by molar-refractivity contribution is 5.95. The molecule has 0 bridgehead atoms. The molecule has 2 N–H and O–H groups in total. The third-order valence-electron chi connectivity index (χ3n) is 7.10. The highest BCUT2D eigenvalue weighted by Gasteiger charge is 2.48. The minimum absolute atomic E-state index is 0.109. The second-order valence-corrected chi connectivity index (χ2v) is 9.03. The summed E-state index contributed by atoms with van der Waals surface area (Å²) in [4.78, 5) is 3.61. The molecule has 2 nitrogen and oxygen atoms in total. The van der Waals surface area contributed by atoms with Crippen molar-refractivity contribution in [2.45, 2.75) is 37.6 Å². The Labute approximate surface area is 177 Å². The molecule has 3 atom stereocenters. The molecule has 30 heavy (non-hydrogen) atoms. The van der Waals surface area contributed by atoms with E-state index < -0.39 is 0 Å². The van der Waals surface area contributed by atoms with Gasteiger partial charge in [-0.1, -0.05) is 72.8 Å². The molecule has 0 saturated heterocycles. The van der Waals surface area contributed by atoms with Crippen molar-refractivity contribution >= 4 is 22.2 Å². The Morgan fingerprint density at radius 1 is 0.867 bits per heavy atom. The van der Waals surface area contributed by atoms with Crippen LogP contribution in [-0.2, 0) is 0 Å². The standard InChI is InChI=1S/C28H26N2/c1-18-26(21-12-6-8-14-24(21)29-18)20-16-23(19-10-4-3-5-11-19)27-22-13-7-9-15-25(22)30-28(27,2)17-20/h3-15,17,23,27,29-30H,16H2,1-2H3/t23-,27+,28-/m0/s1. The van der Waals surface area contributed by atoms with Gasteiger partial charge in [0, 0.05) is 33.8 Å². The Bertz CT molecular complexity index is 1280. The maximum atomic E-state index is 3.89. The predicted octanol–water partition coefficient (Wildman–Crippen LogP) is 7.02. The van der Waals surface area contributed by atoms with Crippen molar-refractivity contribution in [1.82, 2.24) is 4.98 Å². The maximum Gasteiger partial charge on any atom is 0.0609 e. The molecule has 6 rings (SSSR count). The number of rotatable bonds is 2. The Hall–Kier alpha value is -3.26. The number of benzene rings is 3. The van der Waals surface area contributed by atoms with Gasteiger partial charge in [-0.05, 0) is 55.0 Å². The molecular formula is C28H26N2. The lowest BCUT2D eigenvalue weighted by molar-refractivity contribution is 0.426. The first-order valence-corrected chi connectivity index (χ1v) is 10.9. The molecule has 0 fully saturated rings. The molecule has 148 valence electrons. The van der Waals surface area contributed by atoms with Gasteiger partial charge in [-0.15, -0.1) is 0 Å². The van der Waals surface area contributed by atoms with Crippen molar-refractivity contribution in [3.8, 4) is 0 Å². The largest absolute Gasteiger partial charge is 0.376 e. The number of aryl methyl sites for hydroxylation is 1. The first-order chi connectivity index (χ1) is 14.6. The van der Waals surface area contributed by atoms with Crippen LogP contribution in [0.25, 0.3) is 16.5 Å². The van der Waals surface area contributed by atoms with Crippen molar-refractivity contribution in [1.29, 1.82) is 0 Å². The zero-order valence-electron chi connectivity index (χ0n) is 17.4. The van der Waals surface area contributed by atoms with Crippen molar-refractivity contribution in [3.05, 3.63) is 107 Å². The van der Waals surface area contributed by atoms with Crippen LogP contribution in [0.5, 0.6) is 0 Å². The summed E-state index contributed by atoms with van der Waals surface area (Å²) in [5.41, 5.74) is 9.34. The molecule has 4 aromatic rings. The number of aromatic amines is 1. The lowest BCUT2D eigenvalue weighted by atomic mass is 9.65. The van der Waals surface area contributed by atoms with E-state index >= 15 is 0 Å². The summed E-state index contributed by atoms with van der Waals surface area (Å²) < 4.78 is 0. The SMILES string of the molecule is Cc1[nH]c2ccccc2c1C1=C[C@]2(C)Nc3ccccc3[C@@H]2[C@H](c2ccccc2)C1. The Kier molecular flexibility index (Phi) is 3.73. The van der Waals surface area contributed by atoms with Crippen LogP contribution in [0.4, 0.5) is 5.69 Å². The van der Waals surface area contributed by atoms with Gasteiger partial charge in [0.1, 0.15) is 0 Å². The molecule has 1 aromatic heterocycles. The van der Waals surface area contributed by atoms with Crippen LogP contribution in [0.15, 0.2) is 84.9 Å². The summed E-state index contributed by atoms with van der Waals surface area (Å²) in [6.07, 6.45) is 3.56. The van der Waals surface area contributed by atoms with Gasteiger partial charge >= 0.3 is 0 Å². The summed E-state index contributed by atoms with van der Waals surface area (Å²) in [7, 11) is 0. The van der Waals surface area contributed by atoms with Crippen molar-refractivity contribution in [3.63, 3.8) is 0 Å². The number of H-pyrrole nitrogens is 1. The molecule has 3 aromatic carbocycles. The van der Waals surface area contributed by atoms with E-state index in [9.17, 15) is 0 Å². The number of anilines is 1. The van der Waals surface area contributed by atoms with E-state index in [-0.39, 0.29) is 5.54 Å². The molecule has 1 aliphatic heterocycles. The number of hydrogen-bond donors (Lipinski definition) is 2. The third-order valence-corrected chi connectivity index (χ3v) is 7.10. The average molecular weight is 391 g/mol. The highest BCUT2D eigenvalue weighted by Crippen LogP contribution is 2.57. The smallest absolute Gasteiger partial charge is 0.0609 e. The van der Waals surface area contributed by atoms with E-state index in [0.29, 0.717) is 11.8 Å². The van der Waals surface area contributed by atoms with Crippen LogP contribution in [0.3, 0.4) is 0 Å². The molecular weight excluding hydrogens is 364 g/mol. The van der Waals surface area contributed by atoms with Gasteiger partial charge in [0.05, 0.1) is 5.54 Å². The van der Waals surface area contributed by atoms with Crippen LogP contribution in [0.2, 0.25) is 0 Å². The summed E-state index contributed by atoms with van der Waals surface area (Å²) >= 11 is 0. The molecule has 0 unspecified atom stereocenters. The van der Waals surface area contributed by atoms with E-state index in [1.807, 2.05) is 0 Å². The van der Waals surface area contributed by atoms with Crippen molar-refractivity contribution in [2.75, 3.05) is 5.32 Å². The summed E-state index contributed by atoms with van der Waals surface area (Å²) in [6, 6.07) is 28.6. The Morgan fingerprint density at radius 3 is 2.47 bits per heavy atom. The van der Waals surface area contributed by atoms with Crippen molar-refractivity contribution < 1.29 is 0 Å². The van der Waals surface area contributed by atoms with Crippen LogP contribution in [0, 0.1) is 6.92 Å². The van der Waals surface area contributed by atoms with Gasteiger partial charge in [0.15, 0.2) is 0 Å². The molecule has 0 saturated carbocycles. The van der Waals surface area contributed by atoms with Crippen LogP contribution < -0.4 is 5.32 Å². The molecule has 2 heterocycles. The van der Waals surface area contributed by atoms with Gasteiger partial charge in [-0.25, -0.2) is 0 Å². The first-order valence-electron chi connectivity index (χ1n) is 10.9. The minimum atomic E-state index is -0.109. The van der Waals surface area contributed by atoms with Gasteiger partial charge < -0.3 is 10.3 Å². The Balaban J connectivity index is 1.57. The van der Waals surface area contributed by atoms with E-state index in [2.05, 4.69) is 109 Å². The van der Waals surface area contributed by atoms with Gasteiger partial charge in [-0.2, -0.15) is 0 Å². The van der Waals surface area contributed by atoms with E-state index in [0.717, 1.165) is 6.42 Å². The lowest BCUT2D eigenvalue weighted by Crippen LogP contribution is -2.40. The monoisotopic (exact) mass is 390 g/mol. The molecule has 0 radical (unpaired) electrons. The molecule has 2 aliphatic rings. The highest BCUT2D eigenvalue weighted by atomic mass is 15.0. The number of nitrogens with one attached hydrogen (secondary N) is 2. The molecule has 2 heteroatoms. The number of hydrogen-bond acceptors (Lipinski definition) is 1. The fourth-order valence-corrected chi connectivity index (χ4v) is 5.98. The van der Waals surface area contributed by atoms with E-state index in [1.54, 1.807) is 0 Å². The lowest BCUT2D eigenvalue weighted by Gasteiger charge is -2.41. The normalized spacial score (nSPS) is 24.8. The predicted molar refractivity (Wildman–Crippen MR) is 126 cm³/mol. The molecule has 0 spiro atoms. The fourth-order valence-electron chi connectivity index (χ4n) is 5.98. The second-order valence-electron chi connectivity index (χ2n) is 9.03. The zero-order valence-corrected chi connectivity index (χ0v) is 17.4. The van der Waals surface area contributed by atoms with Gasteiger partial charge in [-0.3, -0.25) is 0 Å². The maximum absolute atomic E-state index is 3.89. The first kappa shape index (κ1) is 17.6. The second kappa shape index (κ2) is 6.37. The fraction of sp³-hybridized carbons (Fsp3) is 0.214. The zero-order chi connectivity index (χ0) is 20.3. The quantitative estimate of drug-likeness (QED) is 0.378. The topological polar surface area (TPSA) is 27.8 Å². The van der Waals surface area contributed by atoms with Crippen molar-refractivity contribution in [2.24, 2.45) is 0 Å². The number of para-hydroxylation sites is 2.